The summed E-state index contributed by atoms with van der Waals surface area (Å²) in [5, 5.41) is 4.36. The zero-order valence-electron chi connectivity index (χ0n) is 16.7. The number of aromatic nitrogens is 1. The molecule has 0 atom stereocenters. The lowest BCUT2D eigenvalue weighted by Gasteiger charge is -2.30. The fourth-order valence-corrected chi connectivity index (χ4v) is 4.60. The molecule has 2 aliphatic rings. The van der Waals surface area contributed by atoms with Crippen LogP contribution >= 0.6 is 0 Å². The van der Waals surface area contributed by atoms with Crippen LogP contribution in [0.2, 0.25) is 0 Å². The number of aryl methyl sites for hydroxylation is 2. The highest BCUT2D eigenvalue weighted by Gasteiger charge is 2.17. The van der Waals surface area contributed by atoms with Crippen molar-refractivity contribution in [2.24, 2.45) is 5.92 Å². The average Bonchev–Trinajstić information content (AvgIpc) is 3.07. The maximum Gasteiger partial charge on any atom is 0.251 e. The van der Waals surface area contributed by atoms with Crippen molar-refractivity contribution in [3.8, 4) is 0 Å². The molecule has 1 aliphatic carbocycles. The number of carbonyl (C=O) groups excluding carboxylic acids is 1. The molecule has 1 amide bonds. The summed E-state index contributed by atoms with van der Waals surface area (Å²) in [6.07, 6.45) is 9.69. The van der Waals surface area contributed by atoms with Crippen molar-refractivity contribution in [1.29, 1.82) is 0 Å². The van der Waals surface area contributed by atoms with Crippen molar-refractivity contribution < 1.29 is 4.79 Å². The maximum absolute atomic E-state index is 12.5. The van der Waals surface area contributed by atoms with Crippen LogP contribution in [0.3, 0.4) is 0 Å². The van der Waals surface area contributed by atoms with Gasteiger partial charge in [-0.2, -0.15) is 0 Å². The van der Waals surface area contributed by atoms with E-state index in [2.05, 4.69) is 34.3 Å². The molecule has 1 aliphatic heterocycles. The van der Waals surface area contributed by atoms with Crippen molar-refractivity contribution in [3.63, 3.8) is 0 Å². The minimum atomic E-state index is 0.0643. The van der Waals surface area contributed by atoms with Gasteiger partial charge in [-0.3, -0.25) is 4.79 Å². The number of H-pyrrole nitrogens is 1. The molecule has 4 heteroatoms. The second kappa shape index (κ2) is 8.47. The SMILES string of the molecule is CC1CCN(CCCCNC(=O)c2ccc3[nH]c4c(c3c2)CCCC4)CC1. The second-order valence-electron chi connectivity index (χ2n) is 8.54. The summed E-state index contributed by atoms with van der Waals surface area (Å²) in [4.78, 5) is 18.7. The fourth-order valence-electron chi connectivity index (χ4n) is 4.60. The van der Waals surface area contributed by atoms with Crippen molar-refractivity contribution in [2.75, 3.05) is 26.2 Å². The standard InChI is InChI=1S/C23H33N3O/c1-17-10-14-26(15-11-17)13-5-4-12-24-23(27)18-8-9-22-20(16-18)19-6-2-3-7-21(19)25-22/h8-9,16-17,25H,2-7,10-15H2,1H3,(H,24,27). The van der Waals surface area contributed by atoms with Crippen LogP contribution < -0.4 is 5.32 Å². The Morgan fingerprint density at radius 1 is 1.19 bits per heavy atom. The molecule has 4 rings (SSSR count). The van der Waals surface area contributed by atoms with Gasteiger partial charge in [0.05, 0.1) is 0 Å². The summed E-state index contributed by atoms with van der Waals surface area (Å²) < 4.78 is 0. The van der Waals surface area contributed by atoms with E-state index >= 15 is 0 Å². The van der Waals surface area contributed by atoms with Crippen LogP contribution in [0.25, 0.3) is 10.9 Å². The number of nitrogens with zero attached hydrogens (tertiary/aromatic N) is 1. The Morgan fingerprint density at radius 3 is 2.85 bits per heavy atom. The number of fused-ring (bicyclic) bond motifs is 3. The third kappa shape index (κ3) is 4.37. The molecule has 4 nitrogen and oxygen atoms in total. The third-order valence-electron chi connectivity index (χ3n) is 6.42. The Hall–Kier alpha value is -1.81. The maximum atomic E-state index is 12.5. The van der Waals surface area contributed by atoms with Gasteiger partial charge in [-0.05, 0) is 101 Å². The molecular weight excluding hydrogens is 334 g/mol. The third-order valence-corrected chi connectivity index (χ3v) is 6.42. The number of hydrogen-bond donors (Lipinski definition) is 2. The lowest BCUT2D eigenvalue weighted by Crippen LogP contribution is -2.34. The lowest BCUT2D eigenvalue weighted by atomic mass is 9.95. The molecule has 1 saturated heterocycles. The number of unbranched alkanes of at least 4 members (excludes halogenated alkanes) is 1. The van der Waals surface area contributed by atoms with E-state index in [0.717, 1.165) is 37.3 Å². The number of amides is 1. The van der Waals surface area contributed by atoms with Crippen LogP contribution in [-0.4, -0.2) is 42.0 Å². The molecule has 27 heavy (non-hydrogen) atoms. The number of piperidine rings is 1. The number of benzene rings is 1. The van der Waals surface area contributed by atoms with E-state index in [1.54, 1.807) is 0 Å². The summed E-state index contributed by atoms with van der Waals surface area (Å²) in [5.74, 6) is 0.956. The fraction of sp³-hybridized carbons (Fsp3) is 0.609. The van der Waals surface area contributed by atoms with Crippen LogP contribution in [-0.2, 0) is 12.8 Å². The second-order valence-corrected chi connectivity index (χ2v) is 8.54. The van der Waals surface area contributed by atoms with Gasteiger partial charge in [0.25, 0.3) is 5.91 Å². The van der Waals surface area contributed by atoms with E-state index in [1.165, 1.54) is 73.9 Å². The molecular formula is C23H33N3O. The molecule has 1 aromatic heterocycles. The molecule has 146 valence electrons. The van der Waals surface area contributed by atoms with Gasteiger partial charge >= 0.3 is 0 Å². The van der Waals surface area contributed by atoms with Gasteiger partial charge in [0, 0.05) is 28.7 Å². The molecule has 2 heterocycles. The van der Waals surface area contributed by atoms with Gasteiger partial charge in [0.15, 0.2) is 0 Å². The minimum Gasteiger partial charge on any atom is -0.358 e. The van der Waals surface area contributed by atoms with Gasteiger partial charge in [-0.1, -0.05) is 6.92 Å². The Labute approximate surface area is 162 Å². The van der Waals surface area contributed by atoms with Gasteiger partial charge < -0.3 is 15.2 Å². The van der Waals surface area contributed by atoms with Gasteiger partial charge in [-0.15, -0.1) is 0 Å². The van der Waals surface area contributed by atoms with Gasteiger partial charge in [-0.25, -0.2) is 0 Å². The van der Waals surface area contributed by atoms with Crippen molar-refractivity contribution in [3.05, 3.63) is 35.0 Å². The highest BCUT2D eigenvalue weighted by molar-refractivity contribution is 5.99. The molecule has 0 radical (unpaired) electrons. The molecule has 1 aromatic carbocycles. The highest BCUT2D eigenvalue weighted by Crippen LogP contribution is 2.29. The largest absolute Gasteiger partial charge is 0.358 e. The lowest BCUT2D eigenvalue weighted by molar-refractivity contribution is 0.0952. The number of nitrogens with one attached hydrogen (secondary N) is 2. The van der Waals surface area contributed by atoms with Crippen molar-refractivity contribution >= 4 is 16.8 Å². The van der Waals surface area contributed by atoms with Crippen LogP contribution in [0.5, 0.6) is 0 Å². The summed E-state index contributed by atoms with van der Waals surface area (Å²) >= 11 is 0. The normalized spacial score (nSPS) is 18.6. The topological polar surface area (TPSA) is 48.1 Å². The van der Waals surface area contributed by atoms with E-state index in [4.69, 9.17) is 0 Å². The van der Waals surface area contributed by atoms with Crippen molar-refractivity contribution in [2.45, 2.75) is 58.3 Å². The first-order valence-electron chi connectivity index (χ1n) is 10.8. The molecule has 2 N–H and O–H groups in total. The zero-order chi connectivity index (χ0) is 18.6. The predicted octanol–water partition coefficient (Wildman–Crippen LogP) is 4.29. The van der Waals surface area contributed by atoms with Crippen LogP contribution in [0, 0.1) is 5.92 Å². The van der Waals surface area contributed by atoms with Gasteiger partial charge in [0.1, 0.15) is 0 Å². The zero-order valence-corrected chi connectivity index (χ0v) is 16.7. The Balaban J connectivity index is 1.26. The summed E-state index contributed by atoms with van der Waals surface area (Å²) in [5.41, 5.74) is 4.77. The summed E-state index contributed by atoms with van der Waals surface area (Å²) in [6, 6.07) is 6.11. The quantitative estimate of drug-likeness (QED) is 0.748. The summed E-state index contributed by atoms with van der Waals surface area (Å²) in [6.45, 7) is 6.78. The van der Waals surface area contributed by atoms with Gasteiger partial charge in [0.2, 0.25) is 0 Å². The number of hydrogen-bond acceptors (Lipinski definition) is 2. The molecule has 0 spiro atoms. The molecule has 0 bridgehead atoms. The molecule has 0 saturated carbocycles. The average molecular weight is 368 g/mol. The monoisotopic (exact) mass is 367 g/mol. The van der Waals surface area contributed by atoms with E-state index in [0.29, 0.717) is 0 Å². The minimum absolute atomic E-state index is 0.0643. The number of aromatic amines is 1. The molecule has 1 fully saturated rings. The first kappa shape index (κ1) is 18.5. The summed E-state index contributed by atoms with van der Waals surface area (Å²) in [7, 11) is 0. The van der Waals surface area contributed by atoms with E-state index in [-0.39, 0.29) is 5.91 Å². The Bertz CT molecular complexity index is 786. The Kier molecular flexibility index (Phi) is 5.82. The predicted molar refractivity (Wildman–Crippen MR) is 111 cm³/mol. The van der Waals surface area contributed by atoms with E-state index < -0.39 is 0 Å². The van der Waals surface area contributed by atoms with E-state index in [9.17, 15) is 4.79 Å². The molecule has 2 aromatic rings. The first-order valence-corrected chi connectivity index (χ1v) is 10.8. The van der Waals surface area contributed by atoms with Crippen LogP contribution in [0.1, 0.15) is 67.1 Å². The smallest absolute Gasteiger partial charge is 0.251 e. The van der Waals surface area contributed by atoms with Crippen molar-refractivity contribution in [1.82, 2.24) is 15.2 Å². The van der Waals surface area contributed by atoms with Crippen LogP contribution in [0.4, 0.5) is 0 Å². The number of likely N-dealkylation sites (tertiary alicyclic amines) is 1. The Morgan fingerprint density at radius 2 is 2.00 bits per heavy atom. The number of rotatable bonds is 6. The van der Waals surface area contributed by atoms with E-state index in [1.807, 2.05) is 6.07 Å². The number of carbonyl (C=O) groups is 1. The highest BCUT2D eigenvalue weighted by atomic mass is 16.1. The first-order chi connectivity index (χ1) is 13.2. The van der Waals surface area contributed by atoms with Crippen LogP contribution in [0.15, 0.2) is 18.2 Å². The molecule has 0 unspecified atom stereocenters.